The van der Waals surface area contributed by atoms with E-state index in [0.29, 0.717) is 11.3 Å². The Balaban J connectivity index is 1.47. The van der Waals surface area contributed by atoms with E-state index in [-0.39, 0.29) is 16.9 Å². The first kappa shape index (κ1) is 15.9. The Hall–Kier alpha value is -2.29. The molecule has 8 heteroatoms. The van der Waals surface area contributed by atoms with Crippen molar-refractivity contribution in [3.8, 4) is 5.69 Å². The molecule has 26 heavy (non-hydrogen) atoms. The van der Waals surface area contributed by atoms with Gasteiger partial charge in [-0.1, -0.05) is 0 Å². The summed E-state index contributed by atoms with van der Waals surface area (Å²) < 4.78 is 14.6. The normalized spacial score (nSPS) is 32.6. The Morgan fingerprint density at radius 1 is 1.08 bits per heavy atom. The average molecular weight is 356 g/mol. The molecule has 7 nitrogen and oxygen atoms in total. The molecular weight excluding hydrogens is 335 g/mol. The second-order valence-corrected chi connectivity index (χ2v) is 7.66. The molecule has 1 aromatic carbocycles. The molecule has 0 atom stereocenters. The van der Waals surface area contributed by atoms with Gasteiger partial charge in [0, 0.05) is 31.5 Å². The van der Waals surface area contributed by atoms with Crippen LogP contribution in [0, 0.1) is 12.7 Å². The largest absolute Gasteiger partial charge is 0.295 e. The van der Waals surface area contributed by atoms with Gasteiger partial charge < -0.3 is 0 Å². The maximum Gasteiger partial charge on any atom is 0.280 e. The number of aromatic nitrogens is 2. The SMILES string of the molecule is Cc1[nH]n(-c2ccc(F)cc2)c(=O)c1C=NC12CN3CN(CN(C3)C1)C2. The number of hydrogen-bond donors (Lipinski definition) is 1. The molecule has 4 saturated heterocycles. The molecule has 0 spiro atoms. The third-order valence-corrected chi connectivity index (χ3v) is 5.42. The Morgan fingerprint density at radius 3 is 2.23 bits per heavy atom. The Labute approximate surface area is 150 Å². The Bertz CT molecular complexity index is 893. The molecule has 1 N–H and O–H groups in total. The highest BCUT2D eigenvalue weighted by molar-refractivity contribution is 5.81. The predicted molar refractivity (Wildman–Crippen MR) is 96.1 cm³/mol. The summed E-state index contributed by atoms with van der Waals surface area (Å²) in [5.74, 6) is -0.325. The fourth-order valence-electron chi connectivity index (χ4n) is 4.49. The van der Waals surface area contributed by atoms with Gasteiger partial charge in [0.05, 0.1) is 36.8 Å². The van der Waals surface area contributed by atoms with Crippen molar-refractivity contribution in [3.63, 3.8) is 0 Å². The summed E-state index contributed by atoms with van der Waals surface area (Å²) in [7, 11) is 0. The van der Waals surface area contributed by atoms with Gasteiger partial charge >= 0.3 is 0 Å². The van der Waals surface area contributed by atoms with Gasteiger partial charge in [-0.25, -0.2) is 9.07 Å². The van der Waals surface area contributed by atoms with Gasteiger partial charge in [-0.05, 0) is 31.2 Å². The summed E-state index contributed by atoms with van der Waals surface area (Å²) in [5.41, 5.74) is 1.60. The summed E-state index contributed by atoms with van der Waals surface area (Å²) in [6.07, 6.45) is 1.73. The van der Waals surface area contributed by atoms with Gasteiger partial charge in [0.25, 0.3) is 5.56 Å². The van der Waals surface area contributed by atoms with Crippen LogP contribution in [0.2, 0.25) is 0 Å². The van der Waals surface area contributed by atoms with E-state index >= 15 is 0 Å². The van der Waals surface area contributed by atoms with Crippen LogP contribution in [0.5, 0.6) is 0 Å². The number of aliphatic imine (C=N–C) groups is 1. The number of rotatable bonds is 3. The number of H-pyrrole nitrogens is 1. The smallest absolute Gasteiger partial charge is 0.280 e. The number of aryl methyl sites for hydroxylation is 1. The highest BCUT2D eigenvalue weighted by Gasteiger charge is 2.48. The number of nitrogens with one attached hydrogen (secondary N) is 1. The summed E-state index contributed by atoms with van der Waals surface area (Å²) in [5, 5.41) is 3.07. The highest BCUT2D eigenvalue weighted by Crippen LogP contribution is 2.31. The van der Waals surface area contributed by atoms with Gasteiger partial charge in [0.2, 0.25) is 0 Å². The number of nitrogens with zero attached hydrogens (tertiary/aromatic N) is 5. The van der Waals surface area contributed by atoms with Gasteiger partial charge in [0.15, 0.2) is 0 Å². The topological polar surface area (TPSA) is 59.9 Å². The molecule has 4 aliphatic rings. The van der Waals surface area contributed by atoms with E-state index in [1.807, 2.05) is 6.92 Å². The predicted octanol–water partition coefficient (Wildman–Crippen LogP) is 0.590. The van der Waals surface area contributed by atoms with Crippen LogP contribution in [0.1, 0.15) is 11.3 Å². The Kier molecular flexibility index (Phi) is 3.43. The molecular formula is C18H21FN6O. The fourth-order valence-corrected chi connectivity index (χ4v) is 4.49. The van der Waals surface area contributed by atoms with Crippen LogP contribution in [-0.2, 0) is 0 Å². The zero-order valence-corrected chi connectivity index (χ0v) is 14.7. The summed E-state index contributed by atoms with van der Waals surface area (Å²) in [4.78, 5) is 24.9. The molecule has 6 rings (SSSR count). The average Bonchev–Trinajstić information content (AvgIpc) is 2.87. The van der Waals surface area contributed by atoms with Crippen molar-refractivity contribution in [2.75, 3.05) is 39.6 Å². The van der Waals surface area contributed by atoms with Crippen LogP contribution < -0.4 is 5.56 Å². The van der Waals surface area contributed by atoms with Crippen LogP contribution in [0.25, 0.3) is 5.69 Å². The molecule has 0 amide bonds. The van der Waals surface area contributed by atoms with Crippen LogP contribution in [-0.4, -0.2) is 75.9 Å². The van der Waals surface area contributed by atoms with Crippen LogP contribution >= 0.6 is 0 Å². The highest BCUT2D eigenvalue weighted by atomic mass is 19.1. The van der Waals surface area contributed by atoms with E-state index in [2.05, 4.69) is 19.8 Å². The van der Waals surface area contributed by atoms with Gasteiger partial charge in [0.1, 0.15) is 5.82 Å². The molecule has 0 saturated carbocycles. The maximum atomic E-state index is 13.1. The standard InChI is InChI=1S/C18H21FN6O/c1-13-16(17(26)25(21-13)15-4-2-14(19)3-5-15)6-20-18-7-22-10-23(8-18)12-24(9-18)11-22/h2-6,21H,7-12H2,1H3. The monoisotopic (exact) mass is 356 g/mol. The van der Waals surface area contributed by atoms with Crippen molar-refractivity contribution in [3.05, 3.63) is 51.7 Å². The molecule has 0 aliphatic carbocycles. The lowest BCUT2D eigenvalue weighted by molar-refractivity contribution is -0.139. The lowest BCUT2D eigenvalue weighted by Gasteiger charge is -2.59. The van der Waals surface area contributed by atoms with Crippen LogP contribution in [0.15, 0.2) is 34.1 Å². The van der Waals surface area contributed by atoms with E-state index in [0.717, 1.165) is 45.3 Å². The minimum atomic E-state index is -0.325. The van der Waals surface area contributed by atoms with E-state index in [4.69, 9.17) is 4.99 Å². The minimum Gasteiger partial charge on any atom is -0.295 e. The first-order valence-corrected chi connectivity index (χ1v) is 8.81. The van der Waals surface area contributed by atoms with Crippen molar-refractivity contribution < 1.29 is 4.39 Å². The lowest BCUT2D eigenvalue weighted by Crippen LogP contribution is -2.75. The molecule has 5 heterocycles. The van der Waals surface area contributed by atoms with Crippen molar-refractivity contribution in [2.24, 2.45) is 4.99 Å². The van der Waals surface area contributed by atoms with Crippen LogP contribution in [0.3, 0.4) is 0 Å². The Morgan fingerprint density at radius 2 is 1.65 bits per heavy atom. The summed E-state index contributed by atoms with van der Waals surface area (Å²) >= 11 is 0. The second-order valence-electron chi connectivity index (χ2n) is 7.66. The number of aromatic amines is 1. The summed E-state index contributed by atoms with van der Waals surface area (Å²) in [6.45, 7) is 7.69. The zero-order chi connectivity index (χ0) is 17.9. The molecule has 136 valence electrons. The molecule has 4 bridgehead atoms. The molecule has 4 aliphatic heterocycles. The molecule has 2 aromatic rings. The van der Waals surface area contributed by atoms with Gasteiger partial charge in [-0.3, -0.25) is 29.6 Å². The first-order valence-electron chi connectivity index (χ1n) is 8.81. The van der Waals surface area contributed by atoms with Crippen molar-refractivity contribution in [1.29, 1.82) is 0 Å². The number of benzene rings is 1. The van der Waals surface area contributed by atoms with Crippen LogP contribution in [0.4, 0.5) is 4.39 Å². The van der Waals surface area contributed by atoms with E-state index in [1.54, 1.807) is 18.3 Å². The lowest BCUT2D eigenvalue weighted by atomic mass is 9.91. The molecule has 0 unspecified atom stereocenters. The van der Waals surface area contributed by atoms with Crippen molar-refractivity contribution in [2.45, 2.75) is 12.5 Å². The van der Waals surface area contributed by atoms with Gasteiger partial charge in [-0.15, -0.1) is 0 Å². The molecule has 1 aromatic heterocycles. The molecule has 4 fully saturated rings. The van der Waals surface area contributed by atoms with Gasteiger partial charge in [-0.2, -0.15) is 0 Å². The van der Waals surface area contributed by atoms with E-state index in [1.165, 1.54) is 16.8 Å². The third-order valence-electron chi connectivity index (χ3n) is 5.42. The number of halogens is 1. The van der Waals surface area contributed by atoms with Crippen molar-refractivity contribution in [1.82, 2.24) is 24.5 Å². The first-order chi connectivity index (χ1) is 12.5. The fraction of sp³-hybridized carbons (Fsp3) is 0.444. The summed E-state index contributed by atoms with van der Waals surface area (Å²) in [6, 6.07) is 5.86. The minimum absolute atomic E-state index is 0.161. The number of hydrogen-bond acceptors (Lipinski definition) is 5. The maximum absolute atomic E-state index is 13.1. The molecule has 0 radical (unpaired) electrons. The van der Waals surface area contributed by atoms with E-state index < -0.39 is 0 Å². The zero-order valence-electron chi connectivity index (χ0n) is 14.7. The second kappa shape index (κ2) is 5.60. The quantitative estimate of drug-likeness (QED) is 0.818. The van der Waals surface area contributed by atoms with Crippen molar-refractivity contribution >= 4 is 6.21 Å². The van der Waals surface area contributed by atoms with E-state index in [9.17, 15) is 9.18 Å². The third kappa shape index (κ3) is 2.53.